The molecule has 0 spiro atoms. The molecule has 2 heterocycles. The summed E-state index contributed by atoms with van der Waals surface area (Å²) in [6.45, 7) is 3.89. The molecule has 44 heavy (non-hydrogen) atoms. The van der Waals surface area contributed by atoms with E-state index in [0.717, 1.165) is 0 Å². The smallest absolute Gasteiger partial charge is 0.215 e. The summed E-state index contributed by atoms with van der Waals surface area (Å²) in [5, 5.41) is 3.86. The van der Waals surface area contributed by atoms with Crippen LogP contribution in [0.4, 0.5) is 20.3 Å². The molecule has 0 radical (unpaired) electrons. The summed E-state index contributed by atoms with van der Waals surface area (Å²) in [7, 11) is -2.34. The maximum Gasteiger partial charge on any atom is 0.215 e. The minimum atomic E-state index is -2.34. The molecular formula is C32H30BrF2N3O5S. The van der Waals surface area contributed by atoms with Crippen molar-refractivity contribution in [1.82, 2.24) is 9.97 Å². The molecule has 0 bridgehead atoms. The molecule has 5 rings (SSSR count). The van der Waals surface area contributed by atoms with Gasteiger partial charge in [0.15, 0.2) is 0 Å². The van der Waals surface area contributed by atoms with Crippen molar-refractivity contribution in [2.75, 3.05) is 18.5 Å². The zero-order valence-corrected chi connectivity index (χ0v) is 26.4. The predicted octanol–water partition coefficient (Wildman–Crippen LogP) is 7.24. The molecule has 1 unspecified atom stereocenters. The van der Waals surface area contributed by atoms with Gasteiger partial charge in [0.2, 0.25) is 10.3 Å². The van der Waals surface area contributed by atoms with Crippen molar-refractivity contribution < 1.29 is 31.4 Å². The van der Waals surface area contributed by atoms with Gasteiger partial charge in [-0.3, -0.25) is 0 Å². The number of ether oxygens (including phenoxy) is 3. The van der Waals surface area contributed by atoms with Crippen LogP contribution in [-0.4, -0.2) is 36.5 Å². The summed E-state index contributed by atoms with van der Waals surface area (Å²) >= 11 is 3.53. The maximum atomic E-state index is 15.6. The number of aromatic nitrogens is 2. The Morgan fingerprint density at radius 2 is 1.98 bits per heavy atom. The van der Waals surface area contributed by atoms with Gasteiger partial charge in [-0.2, -0.15) is 8.42 Å². The number of anilines is 2. The second-order valence-electron chi connectivity index (χ2n) is 10.6. The van der Waals surface area contributed by atoms with Crippen LogP contribution in [0, 0.1) is 17.6 Å². The molecule has 12 heteroatoms. The summed E-state index contributed by atoms with van der Waals surface area (Å²) in [4.78, 5) is 8.95. The number of hydrogen-bond donors (Lipinski definition) is 1. The van der Waals surface area contributed by atoms with Crippen molar-refractivity contribution in [3.05, 3.63) is 100 Å². The van der Waals surface area contributed by atoms with E-state index in [1.54, 1.807) is 38.1 Å². The van der Waals surface area contributed by atoms with Crippen molar-refractivity contribution in [2.24, 2.45) is 5.92 Å². The van der Waals surface area contributed by atoms with E-state index >= 15 is 4.39 Å². The molecule has 1 N–H and O–H groups in total. The fraction of sp³-hybridized carbons (Fsp3) is 0.281. The van der Waals surface area contributed by atoms with Gasteiger partial charge in [0, 0.05) is 35.5 Å². The second kappa shape index (κ2) is 13.8. The molecule has 1 aliphatic heterocycles. The average Bonchev–Trinajstić information content (AvgIpc) is 3.46. The van der Waals surface area contributed by atoms with E-state index in [-0.39, 0.29) is 36.4 Å². The van der Waals surface area contributed by atoms with E-state index < -0.39 is 21.7 Å². The number of nitrogens with zero attached hydrogens (tertiary/aromatic N) is 2. The Morgan fingerprint density at radius 3 is 2.68 bits per heavy atom. The van der Waals surface area contributed by atoms with Gasteiger partial charge >= 0.3 is 0 Å². The Kier molecular flexibility index (Phi) is 9.92. The van der Waals surface area contributed by atoms with Crippen molar-refractivity contribution in [3.63, 3.8) is 0 Å². The molecule has 0 aliphatic carbocycles. The molecule has 1 atom stereocenters. The zero-order valence-electron chi connectivity index (χ0n) is 24.0. The SMILES string of the molecule is CC(C)C(COCCC1(c2cc3c(Nc4ccc(OCc5cccc(F)c5)c(Br)c4)ncnc3cc2F)CC=CO1)=S(=O)=O. The van der Waals surface area contributed by atoms with Gasteiger partial charge in [0.05, 0.1) is 34.3 Å². The highest BCUT2D eigenvalue weighted by molar-refractivity contribution is 9.10. The van der Waals surface area contributed by atoms with Crippen LogP contribution in [0.5, 0.6) is 5.75 Å². The summed E-state index contributed by atoms with van der Waals surface area (Å²) in [5.74, 6) is 0.0475. The van der Waals surface area contributed by atoms with E-state index in [9.17, 15) is 12.8 Å². The standard InChI is InChI=1S/C32H30BrF2N3O5S/c1-20(2)30(44(39)40)18-41-12-10-32(9-4-11-43-32)25-15-24-28(16-27(25)35)36-19-37-31(24)38-23-7-8-29(26(33)14-23)42-17-21-5-3-6-22(34)13-21/h3-8,11,13-16,19-20H,9-10,12,17-18H2,1-2H3,(H,36,37,38). The number of nitrogens with one attached hydrogen (secondary N) is 1. The molecule has 0 saturated carbocycles. The van der Waals surface area contributed by atoms with Gasteiger partial charge in [-0.25, -0.2) is 18.7 Å². The van der Waals surface area contributed by atoms with E-state index in [4.69, 9.17) is 14.2 Å². The number of rotatable bonds is 12. The Bertz CT molecular complexity index is 1830. The molecule has 8 nitrogen and oxygen atoms in total. The van der Waals surface area contributed by atoms with Crippen molar-refractivity contribution in [1.29, 1.82) is 0 Å². The molecule has 4 aromatic rings. The summed E-state index contributed by atoms with van der Waals surface area (Å²) < 4.78 is 70.3. The molecule has 0 saturated heterocycles. The quantitative estimate of drug-likeness (QED) is 0.123. The predicted molar refractivity (Wildman–Crippen MR) is 168 cm³/mol. The van der Waals surface area contributed by atoms with Crippen LogP contribution >= 0.6 is 15.9 Å². The molecule has 0 amide bonds. The molecular weight excluding hydrogens is 656 g/mol. The number of halogens is 3. The average molecular weight is 687 g/mol. The van der Waals surface area contributed by atoms with Gasteiger partial charge in [-0.05, 0) is 69.9 Å². The van der Waals surface area contributed by atoms with Crippen LogP contribution in [0.15, 0.2) is 77.7 Å². The lowest BCUT2D eigenvalue weighted by Crippen LogP contribution is -2.29. The highest BCUT2D eigenvalue weighted by Crippen LogP contribution is 2.41. The highest BCUT2D eigenvalue weighted by Gasteiger charge is 2.38. The van der Waals surface area contributed by atoms with E-state index in [2.05, 4.69) is 31.2 Å². The van der Waals surface area contributed by atoms with Crippen molar-refractivity contribution >= 4 is 53.5 Å². The van der Waals surface area contributed by atoms with Crippen LogP contribution in [0.2, 0.25) is 0 Å². The Balaban J connectivity index is 1.36. The fourth-order valence-electron chi connectivity index (χ4n) is 4.90. The first-order valence-electron chi connectivity index (χ1n) is 13.9. The Morgan fingerprint density at radius 1 is 1.14 bits per heavy atom. The Hall–Kier alpha value is -3.87. The third-order valence-electron chi connectivity index (χ3n) is 7.28. The van der Waals surface area contributed by atoms with Gasteiger partial charge in [-0.1, -0.05) is 26.0 Å². The molecule has 1 aliphatic rings. The van der Waals surface area contributed by atoms with Crippen molar-refractivity contribution in [2.45, 2.75) is 38.9 Å². The fourth-order valence-corrected chi connectivity index (χ4v) is 5.96. The number of hydrogen-bond acceptors (Lipinski definition) is 8. The lowest BCUT2D eigenvalue weighted by atomic mass is 9.87. The summed E-state index contributed by atoms with van der Waals surface area (Å²) in [5.41, 5.74) is 1.08. The first kappa shape index (κ1) is 31.6. The summed E-state index contributed by atoms with van der Waals surface area (Å²) in [6, 6.07) is 14.7. The Labute approximate surface area is 263 Å². The van der Waals surface area contributed by atoms with E-state index in [0.29, 0.717) is 56.6 Å². The van der Waals surface area contributed by atoms with Crippen LogP contribution in [-0.2, 0) is 32.0 Å². The van der Waals surface area contributed by atoms with Crippen LogP contribution in [0.25, 0.3) is 10.9 Å². The maximum absolute atomic E-state index is 15.6. The summed E-state index contributed by atoms with van der Waals surface area (Å²) in [6.07, 6.45) is 5.42. The molecule has 3 aromatic carbocycles. The first-order valence-corrected chi connectivity index (χ1v) is 15.8. The topological polar surface area (TPSA) is 99.6 Å². The lowest BCUT2D eigenvalue weighted by molar-refractivity contribution is 0.00322. The van der Waals surface area contributed by atoms with Gasteiger partial charge in [0.25, 0.3) is 0 Å². The van der Waals surface area contributed by atoms with Crippen molar-refractivity contribution in [3.8, 4) is 5.75 Å². The van der Waals surface area contributed by atoms with Gasteiger partial charge in [0.1, 0.15) is 41.7 Å². The zero-order chi connectivity index (χ0) is 31.3. The van der Waals surface area contributed by atoms with E-state index in [1.165, 1.54) is 30.8 Å². The minimum absolute atomic E-state index is 0.0381. The first-order chi connectivity index (χ1) is 21.1. The number of fused-ring (bicyclic) bond motifs is 1. The van der Waals surface area contributed by atoms with E-state index in [1.807, 2.05) is 18.2 Å². The van der Waals surface area contributed by atoms with Gasteiger partial charge in [-0.15, -0.1) is 0 Å². The van der Waals surface area contributed by atoms with Crippen LogP contribution in [0.1, 0.15) is 37.8 Å². The molecule has 1 aromatic heterocycles. The van der Waals surface area contributed by atoms with Crippen LogP contribution in [0.3, 0.4) is 0 Å². The van der Waals surface area contributed by atoms with Crippen LogP contribution < -0.4 is 10.1 Å². The monoisotopic (exact) mass is 685 g/mol. The molecule has 230 valence electrons. The highest BCUT2D eigenvalue weighted by atomic mass is 79.9. The molecule has 0 fully saturated rings. The third kappa shape index (κ3) is 7.25. The normalized spacial score (nSPS) is 15.9. The minimum Gasteiger partial charge on any atom is -0.490 e. The third-order valence-corrected chi connectivity index (χ3v) is 8.92. The number of benzene rings is 3. The largest absolute Gasteiger partial charge is 0.490 e. The second-order valence-corrected chi connectivity index (χ2v) is 12.5. The lowest BCUT2D eigenvalue weighted by Gasteiger charge is -2.30. The van der Waals surface area contributed by atoms with Gasteiger partial charge < -0.3 is 19.5 Å².